The van der Waals surface area contributed by atoms with E-state index in [1.807, 2.05) is 0 Å². The minimum Gasteiger partial charge on any atom is -0.474 e. The van der Waals surface area contributed by atoms with E-state index in [2.05, 4.69) is 0 Å². The van der Waals surface area contributed by atoms with Crippen LogP contribution in [-0.4, -0.2) is 17.0 Å². The van der Waals surface area contributed by atoms with E-state index in [0.717, 1.165) is 6.07 Å². The second-order valence-corrected chi connectivity index (χ2v) is 2.91. The number of anilines is 1. The van der Waals surface area contributed by atoms with Crippen molar-refractivity contribution in [3.8, 4) is 0 Å². The summed E-state index contributed by atoms with van der Waals surface area (Å²) in [4.78, 5) is 20.8. The molecule has 0 spiro atoms. The van der Waals surface area contributed by atoms with Crippen molar-refractivity contribution in [1.29, 1.82) is 0 Å². The molecule has 0 aromatic heterocycles. The molecule has 7 heteroatoms. The van der Waals surface area contributed by atoms with Gasteiger partial charge in [0.15, 0.2) is 5.82 Å². The molecule has 0 unspecified atom stereocenters. The van der Waals surface area contributed by atoms with E-state index in [1.165, 1.54) is 0 Å². The van der Waals surface area contributed by atoms with Crippen LogP contribution >= 0.6 is 11.6 Å². The second-order valence-electron chi connectivity index (χ2n) is 2.50. The summed E-state index contributed by atoms with van der Waals surface area (Å²) in [5.74, 6) is -5.32. The predicted molar refractivity (Wildman–Crippen MR) is 47.6 cm³/mol. The lowest BCUT2D eigenvalue weighted by atomic mass is 10.3. The number of carbonyl (C=O) groups excluding carboxylic acids is 1. The van der Waals surface area contributed by atoms with Crippen LogP contribution in [0.25, 0.3) is 0 Å². The van der Waals surface area contributed by atoms with Gasteiger partial charge in [-0.15, -0.1) is 0 Å². The molecule has 2 N–H and O–H groups in total. The number of carboxylic acids is 1. The van der Waals surface area contributed by atoms with Crippen molar-refractivity contribution >= 4 is 29.2 Å². The second kappa shape index (κ2) is 4.22. The number of aliphatic carboxylic acids is 1. The lowest BCUT2D eigenvalue weighted by molar-refractivity contribution is -0.147. The first-order valence-corrected chi connectivity index (χ1v) is 3.98. The Hall–Kier alpha value is -1.69. The van der Waals surface area contributed by atoms with Gasteiger partial charge in [-0.2, -0.15) is 0 Å². The van der Waals surface area contributed by atoms with Gasteiger partial charge >= 0.3 is 11.9 Å². The van der Waals surface area contributed by atoms with Crippen LogP contribution in [0.3, 0.4) is 0 Å². The van der Waals surface area contributed by atoms with Crippen LogP contribution in [-0.2, 0) is 9.59 Å². The third-order valence-electron chi connectivity index (χ3n) is 1.44. The number of nitrogens with one attached hydrogen (secondary N) is 1. The average Bonchev–Trinajstić information content (AvgIpc) is 2.10. The van der Waals surface area contributed by atoms with Crippen molar-refractivity contribution in [2.24, 2.45) is 0 Å². The first-order chi connectivity index (χ1) is 6.91. The zero-order valence-electron chi connectivity index (χ0n) is 7.05. The van der Waals surface area contributed by atoms with Gasteiger partial charge in [0.25, 0.3) is 0 Å². The maximum atomic E-state index is 13.0. The molecule has 0 radical (unpaired) electrons. The third-order valence-corrected chi connectivity index (χ3v) is 1.74. The summed E-state index contributed by atoms with van der Waals surface area (Å²) in [6.45, 7) is 0. The number of hydrogen-bond acceptors (Lipinski definition) is 2. The number of carbonyl (C=O) groups is 2. The lowest BCUT2D eigenvalue weighted by Gasteiger charge is -2.05. The molecule has 15 heavy (non-hydrogen) atoms. The Morgan fingerprint density at radius 3 is 2.40 bits per heavy atom. The SMILES string of the molecule is O=C(O)C(=O)Nc1c(F)cc(F)cc1Cl. The summed E-state index contributed by atoms with van der Waals surface area (Å²) in [6, 6.07) is 1.23. The Bertz CT molecular complexity index is 413. The summed E-state index contributed by atoms with van der Waals surface area (Å²) >= 11 is 5.40. The van der Waals surface area contributed by atoms with Crippen LogP contribution in [0.2, 0.25) is 5.02 Å². The summed E-state index contributed by atoms with van der Waals surface area (Å²) in [7, 11) is 0. The molecule has 1 aromatic carbocycles. The van der Waals surface area contributed by atoms with E-state index in [1.54, 1.807) is 5.32 Å². The van der Waals surface area contributed by atoms with Crippen molar-refractivity contribution in [2.75, 3.05) is 5.32 Å². The monoisotopic (exact) mass is 235 g/mol. The Labute approximate surface area is 87.5 Å². The highest BCUT2D eigenvalue weighted by Crippen LogP contribution is 2.26. The molecule has 0 aliphatic rings. The van der Waals surface area contributed by atoms with Crippen molar-refractivity contribution in [2.45, 2.75) is 0 Å². The fraction of sp³-hybridized carbons (Fsp3) is 0. The minimum absolute atomic E-state index is 0.415. The zero-order chi connectivity index (χ0) is 11.6. The highest BCUT2D eigenvalue weighted by molar-refractivity contribution is 6.39. The topological polar surface area (TPSA) is 66.4 Å². The summed E-state index contributed by atoms with van der Waals surface area (Å²) in [6.07, 6.45) is 0. The minimum atomic E-state index is -1.80. The number of rotatable bonds is 1. The molecule has 1 amide bonds. The lowest BCUT2D eigenvalue weighted by Crippen LogP contribution is -2.22. The molecular formula is C8H4ClF2NO3. The maximum absolute atomic E-state index is 13.0. The first-order valence-electron chi connectivity index (χ1n) is 3.60. The van der Waals surface area contributed by atoms with Gasteiger partial charge in [0, 0.05) is 6.07 Å². The van der Waals surface area contributed by atoms with Gasteiger partial charge in [-0.3, -0.25) is 4.79 Å². The van der Waals surface area contributed by atoms with Crippen molar-refractivity contribution < 1.29 is 23.5 Å². The van der Waals surface area contributed by atoms with Crippen LogP contribution in [0.5, 0.6) is 0 Å². The van der Waals surface area contributed by atoms with Gasteiger partial charge in [-0.05, 0) is 6.07 Å². The molecule has 0 bridgehead atoms. The van der Waals surface area contributed by atoms with Gasteiger partial charge in [0.2, 0.25) is 0 Å². The Morgan fingerprint density at radius 1 is 1.33 bits per heavy atom. The molecule has 4 nitrogen and oxygen atoms in total. The van der Waals surface area contributed by atoms with Crippen LogP contribution in [0, 0.1) is 11.6 Å². The summed E-state index contributed by atoms with van der Waals surface area (Å²) < 4.78 is 25.6. The molecule has 0 saturated heterocycles. The Morgan fingerprint density at radius 2 is 1.93 bits per heavy atom. The van der Waals surface area contributed by atoms with E-state index in [4.69, 9.17) is 16.7 Å². The smallest absolute Gasteiger partial charge is 0.394 e. The standard InChI is InChI=1S/C8H4ClF2NO3/c9-4-1-3(10)2-5(11)6(4)12-7(13)8(14)15/h1-2H,(H,12,13)(H,14,15). The van der Waals surface area contributed by atoms with E-state index < -0.39 is 34.2 Å². The van der Waals surface area contributed by atoms with Crippen molar-refractivity contribution in [3.05, 3.63) is 28.8 Å². The number of hydrogen-bond donors (Lipinski definition) is 2. The maximum Gasteiger partial charge on any atom is 0.394 e. The average molecular weight is 236 g/mol. The Kier molecular flexibility index (Phi) is 3.21. The van der Waals surface area contributed by atoms with Crippen LogP contribution < -0.4 is 5.32 Å². The van der Waals surface area contributed by atoms with Gasteiger partial charge in [-0.1, -0.05) is 11.6 Å². The zero-order valence-corrected chi connectivity index (χ0v) is 7.81. The largest absolute Gasteiger partial charge is 0.474 e. The summed E-state index contributed by atoms with van der Waals surface area (Å²) in [5.41, 5.74) is -0.564. The quantitative estimate of drug-likeness (QED) is 0.727. The fourth-order valence-electron chi connectivity index (χ4n) is 0.829. The van der Waals surface area contributed by atoms with Gasteiger partial charge in [0.1, 0.15) is 5.82 Å². The molecule has 0 fully saturated rings. The van der Waals surface area contributed by atoms with Crippen LogP contribution in [0.4, 0.5) is 14.5 Å². The fourth-order valence-corrected chi connectivity index (χ4v) is 1.07. The van der Waals surface area contributed by atoms with E-state index in [0.29, 0.717) is 6.07 Å². The van der Waals surface area contributed by atoms with E-state index in [-0.39, 0.29) is 0 Å². The van der Waals surface area contributed by atoms with Gasteiger partial charge in [-0.25, -0.2) is 13.6 Å². The third kappa shape index (κ3) is 2.63. The molecule has 0 aliphatic heterocycles. The number of benzene rings is 1. The highest BCUT2D eigenvalue weighted by Gasteiger charge is 2.17. The predicted octanol–water partition coefficient (Wildman–Crippen LogP) is 1.64. The van der Waals surface area contributed by atoms with E-state index >= 15 is 0 Å². The van der Waals surface area contributed by atoms with Gasteiger partial charge < -0.3 is 10.4 Å². The van der Waals surface area contributed by atoms with Gasteiger partial charge in [0.05, 0.1) is 10.7 Å². The normalized spacial score (nSPS) is 9.80. The number of amides is 1. The molecule has 80 valence electrons. The van der Waals surface area contributed by atoms with Crippen LogP contribution in [0.1, 0.15) is 0 Å². The summed E-state index contributed by atoms with van der Waals surface area (Å²) in [5, 5.41) is 9.51. The first kappa shape index (κ1) is 11.4. The molecule has 0 atom stereocenters. The molecular weight excluding hydrogens is 232 g/mol. The van der Waals surface area contributed by atoms with E-state index in [9.17, 15) is 18.4 Å². The number of carboxylic acid groups (broad SMARTS) is 1. The molecule has 0 aliphatic carbocycles. The molecule has 0 heterocycles. The molecule has 1 aromatic rings. The molecule has 0 saturated carbocycles. The highest BCUT2D eigenvalue weighted by atomic mass is 35.5. The Balaban J connectivity index is 3.05. The van der Waals surface area contributed by atoms with Crippen molar-refractivity contribution in [1.82, 2.24) is 0 Å². The van der Waals surface area contributed by atoms with Crippen LogP contribution in [0.15, 0.2) is 12.1 Å². The number of halogens is 3. The molecule has 1 rings (SSSR count). The van der Waals surface area contributed by atoms with Crippen molar-refractivity contribution in [3.63, 3.8) is 0 Å².